The van der Waals surface area contributed by atoms with Crippen molar-refractivity contribution in [2.45, 2.75) is 13.8 Å². The molecule has 0 saturated carbocycles. The van der Waals surface area contributed by atoms with Crippen LogP contribution < -0.4 is 5.32 Å². The molecule has 11 nitrogen and oxygen atoms in total. The fourth-order valence-electron chi connectivity index (χ4n) is 2.44. The number of nitro benzene ring substituents is 2. The van der Waals surface area contributed by atoms with Crippen LogP contribution in [0.4, 0.5) is 16.5 Å². The van der Waals surface area contributed by atoms with Crippen LogP contribution in [0.3, 0.4) is 0 Å². The molecule has 29 heavy (non-hydrogen) atoms. The second-order valence-electron chi connectivity index (χ2n) is 5.64. The molecule has 1 N–H and O–H groups in total. The second-order valence-corrected chi connectivity index (χ2v) is 7.63. The Kier molecular flexibility index (Phi) is 5.52. The molecule has 150 valence electrons. The maximum atomic E-state index is 12.4. The number of nitrogens with one attached hydrogen (secondary N) is 1. The van der Waals surface area contributed by atoms with Crippen LogP contribution >= 0.6 is 22.7 Å². The van der Waals surface area contributed by atoms with Crippen molar-refractivity contribution < 1.29 is 24.2 Å². The highest BCUT2D eigenvalue weighted by Gasteiger charge is 2.23. The van der Waals surface area contributed by atoms with Crippen LogP contribution in [0.1, 0.15) is 32.5 Å². The summed E-state index contributed by atoms with van der Waals surface area (Å²) >= 11 is 2.24. The van der Waals surface area contributed by atoms with E-state index < -0.39 is 33.1 Å². The first-order valence-corrected chi connectivity index (χ1v) is 9.66. The average Bonchev–Trinajstić information content (AvgIpc) is 3.20. The number of carbonyl (C=O) groups is 2. The molecule has 0 spiro atoms. The lowest BCUT2D eigenvalue weighted by Crippen LogP contribution is -2.12. The number of thiophene rings is 1. The number of hydrogen-bond donors (Lipinski definition) is 1. The number of hydrogen-bond acceptors (Lipinski definition) is 10. The van der Waals surface area contributed by atoms with Gasteiger partial charge in [-0.1, -0.05) is 11.3 Å². The van der Waals surface area contributed by atoms with Gasteiger partial charge in [0.2, 0.25) is 0 Å². The van der Waals surface area contributed by atoms with Crippen LogP contribution in [0.2, 0.25) is 0 Å². The van der Waals surface area contributed by atoms with Gasteiger partial charge >= 0.3 is 5.97 Å². The van der Waals surface area contributed by atoms with Crippen molar-refractivity contribution in [3.63, 3.8) is 0 Å². The molecule has 1 amide bonds. The Balaban J connectivity index is 1.89. The van der Waals surface area contributed by atoms with Gasteiger partial charge in [0.25, 0.3) is 17.3 Å². The van der Waals surface area contributed by atoms with Gasteiger partial charge in [0, 0.05) is 12.1 Å². The molecule has 13 heteroatoms. The summed E-state index contributed by atoms with van der Waals surface area (Å²) in [4.78, 5) is 49.9. The monoisotopic (exact) mass is 436 g/mol. The fraction of sp³-hybridized carbons (Fsp3) is 0.188. The summed E-state index contributed by atoms with van der Waals surface area (Å²) in [5.41, 5.74) is -0.709. The SMILES string of the molecule is CCOC(=O)c1sc2nc(NC(=O)c3cc([N+](=O)[O-])cc([N+](=O)[O-])c3)sc2c1C. The van der Waals surface area contributed by atoms with E-state index in [-0.39, 0.29) is 17.3 Å². The van der Waals surface area contributed by atoms with Gasteiger partial charge in [-0.05, 0) is 19.4 Å². The molecule has 0 fully saturated rings. The minimum absolute atomic E-state index is 0.198. The summed E-state index contributed by atoms with van der Waals surface area (Å²) in [6.07, 6.45) is 0. The Morgan fingerprint density at radius 2 is 1.76 bits per heavy atom. The van der Waals surface area contributed by atoms with E-state index in [1.54, 1.807) is 13.8 Å². The number of nitrogens with zero attached hydrogens (tertiary/aromatic N) is 3. The number of aryl methyl sites for hydroxylation is 1. The quantitative estimate of drug-likeness (QED) is 0.346. The number of ether oxygens (including phenoxy) is 1. The van der Waals surface area contributed by atoms with Gasteiger partial charge in [-0.2, -0.15) is 0 Å². The van der Waals surface area contributed by atoms with E-state index >= 15 is 0 Å². The van der Waals surface area contributed by atoms with Crippen LogP contribution in [-0.2, 0) is 4.74 Å². The molecule has 2 aromatic heterocycles. The predicted octanol–water partition coefficient (Wildman–Crippen LogP) is 3.91. The zero-order chi connectivity index (χ0) is 21.3. The Bertz CT molecular complexity index is 1140. The van der Waals surface area contributed by atoms with Crippen molar-refractivity contribution in [1.82, 2.24) is 4.98 Å². The Labute approximate surface area is 170 Å². The Hall–Kier alpha value is -3.45. The molecule has 3 rings (SSSR count). The number of esters is 1. The number of nitro groups is 2. The van der Waals surface area contributed by atoms with Crippen molar-refractivity contribution in [3.05, 3.63) is 54.4 Å². The molecule has 0 atom stereocenters. The van der Waals surface area contributed by atoms with Crippen LogP contribution in [-0.4, -0.2) is 33.3 Å². The molecule has 1 aromatic carbocycles. The molecule has 0 aliphatic carbocycles. The third-order valence-corrected chi connectivity index (χ3v) is 6.13. The number of rotatable bonds is 6. The maximum absolute atomic E-state index is 12.4. The van der Waals surface area contributed by atoms with Gasteiger partial charge in [-0.3, -0.25) is 30.3 Å². The number of non-ortho nitro benzene ring substituents is 2. The molecule has 0 saturated heterocycles. The van der Waals surface area contributed by atoms with Crippen molar-refractivity contribution in [2.75, 3.05) is 11.9 Å². The van der Waals surface area contributed by atoms with Crippen molar-refractivity contribution in [2.24, 2.45) is 0 Å². The number of aromatic nitrogens is 1. The minimum Gasteiger partial charge on any atom is -0.462 e. The summed E-state index contributed by atoms with van der Waals surface area (Å²) in [5.74, 6) is -1.23. The van der Waals surface area contributed by atoms with Gasteiger partial charge in [0.05, 0.1) is 32.8 Å². The Morgan fingerprint density at radius 3 is 2.28 bits per heavy atom. The number of carbonyl (C=O) groups excluding carboxylic acids is 2. The van der Waals surface area contributed by atoms with E-state index in [1.165, 1.54) is 0 Å². The van der Waals surface area contributed by atoms with E-state index in [0.717, 1.165) is 40.9 Å². The number of anilines is 1. The van der Waals surface area contributed by atoms with E-state index in [9.17, 15) is 29.8 Å². The van der Waals surface area contributed by atoms with Crippen LogP contribution in [0.5, 0.6) is 0 Å². The average molecular weight is 436 g/mol. The smallest absolute Gasteiger partial charge is 0.348 e. The van der Waals surface area contributed by atoms with E-state index in [0.29, 0.717) is 20.0 Å². The van der Waals surface area contributed by atoms with E-state index in [2.05, 4.69) is 10.3 Å². The van der Waals surface area contributed by atoms with Crippen molar-refractivity contribution in [1.29, 1.82) is 0 Å². The van der Waals surface area contributed by atoms with Crippen LogP contribution in [0.25, 0.3) is 9.53 Å². The van der Waals surface area contributed by atoms with Crippen molar-refractivity contribution >= 4 is 60.6 Å². The number of fused-ring (bicyclic) bond motifs is 1. The number of amides is 1. The first kappa shape index (κ1) is 20.3. The van der Waals surface area contributed by atoms with Gasteiger partial charge in [-0.15, -0.1) is 11.3 Å². The molecule has 0 aliphatic rings. The zero-order valence-corrected chi connectivity index (χ0v) is 16.6. The maximum Gasteiger partial charge on any atom is 0.348 e. The lowest BCUT2D eigenvalue weighted by atomic mass is 10.1. The van der Waals surface area contributed by atoms with Gasteiger partial charge in [0.15, 0.2) is 5.13 Å². The standard InChI is InChI=1S/C16H12N4O7S2/c1-3-27-15(22)12-7(2)11-14(28-12)18-16(29-11)17-13(21)8-4-9(19(23)24)6-10(5-8)20(25)26/h4-6H,3H2,1-2H3,(H,17,18,21). The van der Waals surface area contributed by atoms with E-state index in [1.807, 2.05) is 0 Å². The summed E-state index contributed by atoms with van der Waals surface area (Å²) in [7, 11) is 0. The number of benzene rings is 1. The molecule has 2 heterocycles. The molecular formula is C16H12N4O7S2. The fourth-order valence-corrected chi connectivity index (χ4v) is 4.65. The molecular weight excluding hydrogens is 424 g/mol. The number of thiazole rings is 1. The highest BCUT2D eigenvalue weighted by atomic mass is 32.1. The summed E-state index contributed by atoms with van der Waals surface area (Å²) in [5, 5.41) is 24.6. The highest BCUT2D eigenvalue weighted by molar-refractivity contribution is 7.30. The topological polar surface area (TPSA) is 155 Å². The Morgan fingerprint density at radius 1 is 1.14 bits per heavy atom. The molecule has 0 unspecified atom stereocenters. The van der Waals surface area contributed by atoms with Crippen LogP contribution in [0.15, 0.2) is 18.2 Å². The zero-order valence-electron chi connectivity index (χ0n) is 15.0. The van der Waals surface area contributed by atoms with Gasteiger partial charge < -0.3 is 4.74 Å². The minimum atomic E-state index is -0.816. The summed E-state index contributed by atoms with van der Waals surface area (Å²) < 4.78 is 5.68. The van der Waals surface area contributed by atoms with Gasteiger partial charge in [0.1, 0.15) is 9.71 Å². The van der Waals surface area contributed by atoms with Crippen molar-refractivity contribution in [3.8, 4) is 0 Å². The lowest BCUT2D eigenvalue weighted by molar-refractivity contribution is -0.394. The third-order valence-electron chi connectivity index (χ3n) is 3.74. The third kappa shape index (κ3) is 4.05. The summed E-state index contributed by atoms with van der Waals surface area (Å²) in [6, 6.07) is 2.67. The van der Waals surface area contributed by atoms with Gasteiger partial charge in [-0.25, -0.2) is 9.78 Å². The second kappa shape index (κ2) is 7.89. The lowest BCUT2D eigenvalue weighted by Gasteiger charge is -2.02. The first-order chi connectivity index (χ1) is 13.7. The summed E-state index contributed by atoms with van der Waals surface area (Å²) in [6.45, 7) is 3.68. The molecule has 0 aliphatic heterocycles. The largest absolute Gasteiger partial charge is 0.462 e. The molecule has 0 radical (unpaired) electrons. The molecule has 3 aromatic rings. The predicted molar refractivity (Wildman–Crippen MR) is 106 cm³/mol. The normalized spacial score (nSPS) is 10.7. The molecule has 0 bridgehead atoms. The highest BCUT2D eigenvalue weighted by Crippen LogP contribution is 2.37. The first-order valence-electron chi connectivity index (χ1n) is 8.03. The van der Waals surface area contributed by atoms with E-state index in [4.69, 9.17) is 4.74 Å². The van der Waals surface area contributed by atoms with Crippen LogP contribution in [0, 0.1) is 27.2 Å².